The van der Waals surface area contributed by atoms with Gasteiger partial charge in [0.1, 0.15) is 17.2 Å². The van der Waals surface area contributed by atoms with Crippen LogP contribution in [0.4, 0.5) is 11.4 Å². The topological polar surface area (TPSA) is 59.6 Å². The largest absolute Gasteiger partial charge is 0.493 e. The number of amides is 1. The second-order valence-corrected chi connectivity index (χ2v) is 7.45. The molecule has 0 unspecified atom stereocenters. The highest BCUT2D eigenvalue weighted by Gasteiger charge is 2.04. The fourth-order valence-corrected chi connectivity index (χ4v) is 3.22. The molecule has 1 amide bonds. The van der Waals surface area contributed by atoms with Gasteiger partial charge in [-0.25, -0.2) is 0 Å². The first kappa shape index (κ1) is 22.0. The lowest BCUT2D eigenvalue weighted by molar-refractivity contribution is -0.114. The van der Waals surface area contributed by atoms with E-state index in [2.05, 4.69) is 22.8 Å². The molecule has 166 valence electrons. The van der Waals surface area contributed by atoms with Crippen molar-refractivity contribution in [2.24, 2.45) is 0 Å². The summed E-state index contributed by atoms with van der Waals surface area (Å²) < 4.78 is 11.6. The van der Waals surface area contributed by atoms with Gasteiger partial charge in [-0.1, -0.05) is 48.5 Å². The number of hydrogen-bond donors (Lipinski definition) is 2. The summed E-state index contributed by atoms with van der Waals surface area (Å²) in [6.07, 6.45) is 0.852. The average molecular weight is 439 g/mol. The highest BCUT2D eigenvalue weighted by Crippen LogP contribution is 2.22. The van der Waals surface area contributed by atoms with Crippen molar-refractivity contribution in [1.29, 1.82) is 0 Å². The van der Waals surface area contributed by atoms with Crippen LogP contribution in [0.3, 0.4) is 0 Å². The van der Waals surface area contributed by atoms with Crippen molar-refractivity contribution in [3.63, 3.8) is 0 Å². The third kappa shape index (κ3) is 7.14. The van der Waals surface area contributed by atoms with Crippen LogP contribution in [-0.4, -0.2) is 19.1 Å². The van der Waals surface area contributed by atoms with E-state index < -0.39 is 0 Å². The van der Waals surface area contributed by atoms with Gasteiger partial charge in [-0.15, -0.1) is 0 Å². The molecule has 0 heterocycles. The summed E-state index contributed by atoms with van der Waals surface area (Å²) in [5.41, 5.74) is 2.81. The Hall–Kier alpha value is -4.25. The molecule has 4 aromatic rings. The first-order valence-electron chi connectivity index (χ1n) is 10.9. The zero-order chi connectivity index (χ0) is 22.7. The Kier molecular flexibility index (Phi) is 7.58. The normalized spacial score (nSPS) is 10.3. The predicted octanol–water partition coefficient (Wildman–Crippen LogP) is 6.15. The van der Waals surface area contributed by atoms with Crippen LogP contribution in [0.5, 0.6) is 17.2 Å². The molecule has 0 saturated heterocycles. The van der Waals surface area contributed by atoms with E-state index in [0.29, 0.717) is 6.61 Å². The van der Waals surface area contributed by atoms with Gasteiger partial charge in [-0.2, -0.15) is 0 Å². The van der Waals surface area contributed by atoms with Gasteiger partial charge in [0, 0.05) is 17.8 Å². The third-order valence-corrected chi connectivity index (χ3v) is 4.93. The number of rotatable bonds is 10. The average Bonchev–Trinajstić information content (AvgIpc) is 2.86. The van der Waals surface area contributed by atoms with Crippen LogP contribution in [-0.2, 0) is 11.2 Å². The van der Waals surface area contributed by atoms with E-state index in [9.17, 15) is 4.79 Å². The van der Waals surface area contributed by atoms with Crippen LogP contribution >= 0.6 is 0 Å². The Labute approximate surface area is 194 Å². The zero-order valence-electron chi connectivity index (χ0n) is 18.2. The van der Waals surface area contributed by atoms with Gasteiger partial charge in [-0.05, 0) is 66.2 Å². The predicted molar refractivity (Wildman–Crippen MR) is 132 cm³/mol. The van der Waals surface area contributed by atoms with Gasteiger partial charge < -0.3 is 20.1 Å². The summed E-state index contributed by atoms with van der Waals surface area (Å²) >= 11 is 0. The molecule has 5 nitrogen and oxygen atoms in total. The molecule has 4 rings (SSSR count). The van der Waals surface area contributed by atoms with Crippen molar-refractivity contribution >= 4 is 17.3 Å². The smallest absolute Gasteiger partial charge is 0.243 e. The van der Waals surface area contributed by atoms with Crippen LogP contribution in [0.1, 0.15) is 5.56 Å². The summed E-state index contributed by atoms with van der Waals surface area (Å²) in [4.78, 5) is 12.3. The van der Waals surface area contributed by atoms with Gasteiger partial charge in [-0.3, -0.25) is 4.79 Å². The van der Waals surface area contributed by atoms with Crippen molar-refractivity contribution in [3.8, 4) is 17.2 Å². The Morgan fingerprint density at radius 3 is 1.91 bits per heavy atom. The lowest BCUT2D eigenvalue weighted by Crippen LogP contribution is -2.21. The molecule has 0 aliphatic rings. The minimum absolute atomic E-state index is 0.127. The molecule has 0 radical (unpaired) electrons. The van der Waals surface area contributed by atoms with E-state index in [4.69, 9.17) is 9.47 Å². The van der Waals surface area contributed by atoms with Crippen molar-refractivity contribution < 1.29 is 14.3 Å². The van der Waals surface area contributed by atoms with Crippen LogP contribution in [0.25, 0.3) is 0 Å². The number of anilines is 2. The Morgan fingerprint density at radius 1 is 0.636 bits per heavy atom. The monoisotopic (exact) mass is 438 g/mol. The summed E-state index contributed by atoms with van der Waals surface area (Å²) in [5, 5.41) is 6.00. The first-order valence-corrected chi connectivity index (χ1v) is 10.9. The standard InChI is InChI=1S/C28H26N2O3/c31-28(21-29-23-11-17-27(18-12-23)33-26-9-5-2-6-10-26)30-24-13-15-25(16-14-24)32-20-19-22-7-3-1-4-8-22/h1-18,29H,19-21H2,(H,30,31). The number of benzene rings is 4. The second-order valence-electron chi connectivity index (χ2n) is 7.45. The van der Waals surface area contributed by atoms with Crippen molar-refractivity contribution in [2.75, 3.05) is 23.8 Å². The number of ether oxygens (including phenoxy) is 2. The quantitative estimate of drug-likeness (QED) is 0.312. The molecule has 33 heavy (non-hydrogen) atoms. The van der Waals surface area contributed by atoms with Gasteiger partial charge >= 0.3 is 0 Å². The summed E-state index contributed by atoms with van der Waals surface area (Å²) in [5.74, 6) is 2.17. The highest BCUT2D eigenvalue weighted by molar-refractivity contribution is 5.93. The fourth-order valence-electron chi connectivity index (χ4n) is 3.22. The molecular formula is C28H26N2O3. The number of para-hydroxylation sites is 1. The van der Waals surface area contributed by atoms with Crippen molar-refractivity contribution in [2.45, 2.75) is 6.42 Å². The van der Waals surface area contributed by atoms with E-state index in [1.807, 2.05) is 97.1 Å². The summed E-state index contributed by atoms with van der Waals surface area (Å²) in [6.45, 7) is 0.767. The number of carbonyl (C=O) groups excluding carboxylic acids is 1. The maximum Gasteiger partial charge on any atom is 0.243 e. The maximum atomic E-state index is 12.3. The van der Waals surface area contributed by atoms with E-state index in [1.54, 1.807) is 0 Å². The zero-order valence-corrected chi connectivity index (χ0v) is 18.2. The molecule has 0 aliphatic carbocycles. The van der Waals surface area contributed by atoms with Gasteiger partial charge in [0.05, 0.1) is 13.2 Å². The molecule has 5 heteroatoms. The minimum atomic E-state index is -0.127. The number of nitrogens with one attached hydrogen (secondary N) is 2. The SMILES string of the molecule is O=C(CNc1ccc(Oc2ccccc2)cc1)Nc1ccc(OCCc2ccccc2)cc1. The van der Waals surface area contributed by atoms with Crippen LogP contribution < -0.4 is 20.1 Å². The van der Waals surface area contributed by atoms with Gasteiger partial charge in [0.15, 0.2) is 0 Å². The van der Waals surface area contributed by atoms with Gasteiger partial charge in [0.2, 0.25) is 5.91 Å². The number of hydrogen-bond acceptors (Lipinski definition) is 4. The lowest BCUT2D eigenvalue weighted by atomic mass is 10.2. The van der Waals surface area contributed by atoms with Crippen LogP contribution in [0, 0.1) is 0 Å². The Bertz CT molecular complexity index is 1130. The molecule has 0 fully saturated rings. The van der Waals surface area contributed by atoms with E-state index in [1.165, 1.54) is 5.56 Å². The maximum absolute atomic E-state index is 12.3. The van der Waals surface area contributed by atoms with E-state index in [-0.39, 0.29) is 12.5 Å². The highest BCUT2D eigenvalue weighted by atomic mass is 16.5. The molecule has 4 aromatic carbocycles. The molecule has 0 atom stereocenters. The molecule has 0 aliphatic heterocycles. The van der Waals surface area contributed by atoms with Gasteiger partial charge in [0.25, 0.3) is 0 Å². The molecule has 0 saturated carbocycles. The summed E-state index contributed by atoms with van der Waals surface area (Å²) in [6, 6.07) is 34.7. The molecule has 0 spiro atoms. The van der Waals surface area contributed by atoms with Crippen molar-refractivity contribution in [1.82, 2.24) is 0 Å². The van der Waals surface area contributed by atoms with Crippen LogP contribution in [0.15, 0.2) is 109 Å². The third-order valence-electron chi connectivity index (χ3n) is 4.93. The van der Waals surface area contributed by atoms with E-state index >= 15 is 0 Å². The summed E-state index contributed by atoms with van der Waals surface area (Å²) in [7, 11) is 0. The lowest BCUT2D eigenvalue weighted by Gasteiger charge is -2.10. The number of carbonyl (C=O) groups is 1. The molecular weight excluding hydrogens is 412 g/mol. The molecule has 0 aromatic heterocycles. The Morgan fingerprint density at radius 2 is 1.21 bits per heavy atom. The first-order chi connectivity index (χ1) is 16.2. The second kappa shape index (κ2) is 11.4. The fraction of sp³-hybridized carbons (Fsp3) is 0.107. The van der Waals surface area contributed by atoms with Crippen molar-refractivity contribution in [3.05, 3.63) is 115 Å². The minimum Gasteiger partial charge on any atom is -0.493 e. The molecule has 0 bridgehead atoms. The Balaban J connectivity index is 1.18. The van der Waals surface area contributed by atoms with E-state index in [0.717, 1.165) is 35.0 Å². The van der Waals surface area contributed by atoms with Crippen LogP contribution in [0.2, 0.25) is 0 Å². The molecule has 2 N–H and O–H groups in total.